The van der Waals surface area contributed by atoms with E-state index < -0.39 is 5.54 Å². The molecule has 1 aliphatic carbocycles. The zero-order chi connectivity index (χ0) is 14.9. The second kappa shape index (κ2) is 5.42. The number of halogens is 1. The van der Waals surface area contributed by atoms with Crippen molar-refractivity contribution in [1.82, 2.24) is 0 Å². The minimum atomic E-state index is -0.690. The molecule has 0 saturated heterocycles. The number of hydrogen-bond acceptors (Lipinski definition) is 3. The maximum Gasteiger partial charge on any atom is 0.151 e. The lowest BCUT2D eigenvalue weighted by Gasteiger charge is -2.25. The number of rotatable bonds is 3. The summed E-state index contributed by atoms with van der Waals surface area (Å²) in [7, 11) is 1.65. The topological polar surface area (TPSA) is 45.0 Å². The predicted octanol–water partition coefficient (Wildman–Crippen LogP) is 4.23. The van der Waals surface area contributed by atoms with Crippen molar-refractivity contribution in [2.24, 2.45) is 0 Å². The fourth-order valence-corrected chi connectivity index (χ4v) is 3.24. The zero-order valence-corrected chi connectivity index (χ0v) is 13.3. The van der Waals surface area contributed by atoms with Crippen LogP contribution in [-0.4, -0.2) is 7.11 Å². The van der Waals surface area contributed by atoms with Crippen LogP contribution in [0.2, 0.25) is 0 Å². The van der Waals surface area contributed by atoms with Crippen molar-refractivity contribution in [1.29, 1.82) is 5.26 Å². The van der Waals surface area contributed by atoms with E-state index in [-0.39, 0.29) is 0 Å². The molecule has 1 atom stereocenters. The highest BCUT2D eigenvalue weighted by atomic mass is 79.9. The minimum Gasteiger partial charge on any atom is -0.497 e. The number of fused-ring (bicyclic) bond motifs is 1. The molecule has 2 aromatic rings. The summed E-state index contributed by atoms with van der Waals surface area (Å²) in [6.07, 6.45) is 1.66. The molecule has 3 nitrogen and oxygen atoms in total. The van der Waals surface area contributed by atoms with Gasteiger partial charge in [-0.2, -0.15) is 5.26 Å². The van der Waals surface area contributed by atoms with Crippen molar-refractivity contribution in [3.63, 3.8) is 0 Å². The molecule has 2 aromatic carbocycles. The highest BCUT2D eigenvalue weighted by Crippen LogP contribution is 2.41. The lowest BCUT2D eigenvalue weighted by atomic mass is 9.93. The fourth-order valence-electron chi connectivity index (χ4n) is 2.84. The number of nitriles is 1. The van der Waals surface area contributed by atoms with Crippen LogP contribution < -0.4 is 10.1 Å². The van der Waals surface area contributed by atoms with Crippen LogP contribution in [0, 0.1) is 11.3 Å². The Kier molecular flexibility index (Phi) is 3.60. The second-order valence-electron chi connectivity index (χ2n) is 5.18. The quantitative estimate of drug-likeness (QED) is 0.907. The van der Waals surface area contributed by atoms with Gasteiger partial charge < -0.3 is 10.1 Å². The van der Waals surface area contributed by atoms with Crippen LogP contribution in [-0.2, 0) is 12.0 Å². The largest absolute Gasteiger partial charge is 0.497 e. The fraction of sp³-hybridized carbons (Fsp3) is 0.235. The summed E-state index contributed by atoms with van der Waals surface area (Å²) in [5.74, 6) is 0.784. The average Bonchev–Trinajstić information content (AvgIpc) is 2.86. The number of methoxy groups -OCH3 is 1. The first-order valence-electron chi connectivity index (χ1n) is 6.79. The van der Waals surface area contributed by atoms with Crippen LogP contribution >= 0.6 is 15.9 Å². The molecular weight excluding hydrogens is 328 g/mol. The summed E-state index contributed by atoms with van der Waals surface area (Å²) < 4.78 is 6.29. The maximum atomic E-state index is 9.79. The van der Waals surface area contributed by atoms with Gasteiger partial charge in [0.25, 0.3) is 0 Å². The lowest BCUT2D eigenvalue weighted by Crippen LogP contribution is -2.31. The van der Waals surface area contributed by atoms with Crippen molar-refractivity contribution < 1.29 is 4.74 Å². The molecule has 3 rings (SSSR count). The number of ether oxygens (including phenoxy) is 1. The molecule has 0 radical (unpaired) electrons. The molecule has 1 unspecified atom stereocenters. The van der Waals surface area contributed by atoms with E-state index in [1.54, 1.807) is 7.11 Å². The van der Waals surface area contributed by atoms with Crippen LogP contribution in [0.5, 0.6) is 5.75 Å². The molecule has 1 N–H and O–H groups in total. The van der Waals surface area contributed by atoms with E-state index in [4.69, 9.17) is 4.74 Å². The Morgan fingerprint density at radius 2 is 2.14 bits per heavy atom. The summed E-state index contributed by atoms with van der Waals surface area (Å²) in [6.45, 7) is 0. The van der Waals surface area contributed by atoms with Gasteiger partial charge in [0.1, 0.15) is 5.75 Å². The molecule has 21 heavy (non-hydrogen) atoms. The normalized spacial score (nSPS) is 19.7. The second-order valence-corrected chi connectivity index (χ2v) is 6.09. The van der Waals surface area contributed by atoms with Gasteiger partial charge in [0, 0.05) is 10.2 Å². The number of aryl methyl sites for hydroxylation is 1. The van der Waals surface area contributed by atoms with Crippen LogP contribution in [0.1, 0.15) is 17.5 Å². The van der Waals surface area contributed by atoms with E-state index in [9.17, 15) is 5.26 Å². The molecule has 0 aliphatic heterocycles. The third-order valence-electron chi connectivity index (χ3n) is 3.92. The van der Waals surface area contributed by atoms with Crippen molar-refractivity contribution in [2.75, 3.05) is 12.4 Å². The van der Waals surface area contributed by atoms with Gasteiger partial charge in [-0.25, -0.2) is 0 Å². The van der Waals surface area contributed by atoms with Crippen LogP contribution in [0.15, 0.2) is 46.9 Å². The van der Waals surface area contributed by atoms with Gasteiger partial charge in [-0.05, 0) is 54.3 Å². The standard InChI is InChI=1S/C17H15BrN2O/c1-21-15-6-5-12-7-8-17(11-19,16(12)10-15)20-14-4-2-3-13(18)9-14/h2-6,9-10,20H,7-8H2,1H3. The first kappa shape index (κ1) is 14.0. The molecule has 0 saturated carbocycles. The van der Waals surface area contributed by atoms with E-state index in [0.29, 0.717) is 0 Å². The van der Waals surface area contributed by atoms with Crippen molar-refractivity contribution >= 4 is 21.6 Å². The molecule has 4 heteroatoms. The number of benzene rings is 2. The summed E-state index contributed by atoms with van der Waals surface area (Å²) in [6, 6.07) is 16.3. The first-order chi connectivity index (χ1) is 10.2. The van der Waals surface area contributed by atoms with Gasteiger partial charge in [0.2, 0.25) is 0 Å². The SMILES string of the molecule is COc1ccc2c(c1)C(C#N)(Nc1cccc(Br)c1)CC2. The molecule has 0 bridgehead atoms. The van der Waals surface area contributed by atoms with Crippen LogP contribution in [0.4, 0.5) is 5.69 Å². The molecule has 0 fully saturated rings. The molecule has 0 spiro atoms. The van der Waals surface area contributed by atoms with Crippen molar-refractivity contribution in [3.8, 4) is 11.8 Å². The summed E-state index contributed by atoms with van der Waals surface area (Å²) in [5.41, 5.74) is 2.47. The monoisotopic (exact) mass is 342 g/mol. The third kappa shape index (κ3) is 2.50. The van der Waals surface area contributed by atoms with Gasteiger partial charge in [0.15, 0.2) is 5.54 Å². The Morgan fingerprint density at radius 3 is 2.86 bits per heavy atom. The average molecular weight is 343 g/mol. The molecule has 0 amide bonds. The van der Waals surface area contributed by atoms with E-state index in [2.05, 4.69) is 33.4 Å². The Hall–Kier alpha value is -1.99. The highest BCUT2D eigenvalue weighted by molar-refractivity contribution is 9.10. The smallest absolute Gasteiger partial charge is 0.151 e. The van der Waals surface area contributed by atoms with E-state index >= 15 is 0 Å². The Morgan fingerprint density at radius 1 is 1.29 bits per heavy atom. The van der Waals surface area contributed by atoms with Gasteiger partial charge in [-0.1, -0.05) is 28.1 Å². The van der Waals surface area contributed by atoms with Crippen molar-refractivity contribution in [3.05, 3.63) is 58.1 Å². The van der Waals surface area contributed by atoms with E-state index in [0.717, 1.165) is 34.3 Å². The predicted molar refractivity (Wildman–Crippen MR) is 86.4 cm³/mol. The summed E-state index contributed by atoms with van der Waals surface area (Å²) in [5, 5.41) is 13.2. The minimum absolute atomic E-state index is 0.690. The van der Waals surface area contributed by atoms with Crippen LogP contribution in [0.3, 0.4) is 0 Å². The number of nitrogens with one attached hydrogen (secondary N) is 1. The Labute approximate surface area is 132 Å². The van der Waals surface area contributed by atoms with E-state index in [1.165, 1.54) is 5.56 Å². The molecular formula is C17H15BrN2O. The molecule has 0 heterocycles. The van der Waals surface area contributed by atoms with E-state index in [1.807, 2.05) is 36.4 Å². The van der Waals surface area contributed by atoms with Gasteiger partial charge in [-0.15, -0.1) is 0 Å². The van der Waals surface area contributed by atoms with Gasteiger partial charge in [-0.3, -0.25) is 0 Å². The molecule has 1 aliphatic rings. The first-order valence-corrected chi connectivity index (χ1v) is 7.58. The van der Waals surface area contributed by atoms with Gasteiger partial charge >= 0.3 is 0 Å². The highest BCUT2D eigenvalue weighted by Gasteiger charge is 2.39. The van der Waals surface area contributed by atoms with Crippen LogP contribution in [0.25, 0.3) is 0 Å². The zero-order valence-electron chi connectivity index (χ0n) is 11.7. The summed E-state index contributed by atoms with van der Waals surface area (Å²) in [4.78, 5) is 0. The summed E-state index contributed by atoms with van der Waals surface area (Å²) >= 11 is 3.46. The Balaban J connectivity index is 2.02. The number of nitrogens with zero attached hydrogens (tertiary/aromatic N) is 1. The maximum absolute atomic E-state index is 9.79. The number of anilines is 1. The van der Waals surface area contributed by atoms with Crippen molar-refractivity contribution in [2.45, 2.75) is 18.4 Å². The molecule has 106 valence electrons. The Bertz CT molecular complexity index is 723. The lowest BCUT2D eigenvalue weighted by molar-refractivity contribution is 0.413. The third-order valence-corrected chi connectivity index (χ3v) is 4.41. The number of hydrogen-bond donors (Lipinski definition) is 1. The molecule has 0 aromatic heterocycles. The van der Waals surface area contributed by atoms with Gasteiger partial charge in [0.05, 0.1) is 13.2 Å².